The molecule has 3 aromatic rings. The van der Waals surface area contributed by atoms with E-state index in [2.05, 4.69) is 24.1 Å². The molecular weight excluding hydrogens is 388 g/mol. The van der Waals surface area contributed by atoms with Crippen LogP contribution in [0, 0.1) is 11.8 Å². The lowest BCUT2D eigenvalue weighted by Crippen LogP contribution is -2.42. The van der Waals surface area contributed by atoms with E-state index < -0.39 is 11.5 Å². The molecule has 2 atom stereocenters. The number of nitrogens with zero attached hydrogens (tertiary/aromatic N) is 3. The number of hydrogen-bond acceptors (Lipinski definition) is 5. The van der Waals surface area contributed by atoms with Crippen LogP contribution >= 0.6 is 11.3 Å². The Morgan fingerprint density at radius 1 is 1.14 bits per heavy atom. The number of rotatable bonds is 3. The van der Waals surface area contributed by atoms with E-state index in [0.717, 1.165) is 6.42 Å². The summed E-state index contributed by atoms with van der Waals surface area (Å²) in [5.74, 6) is 0.187. The SMILES string of the molecule is CC1CC(C)CN(C(=O)c2ccccc2NC(=O)c2cnc3sccn3c2=O)C1. The first-order chi connectivity index (χ1) is 13.9. The van der Waals surface area contributed by atoms with Crippen molar-refractivity contribution in [3.8, 4) is 0 Å². The fourth-order valence-electron chi connectivity index (χ4n) is 3.95. The van der Waals surface area contributed by atoms with Crippen LogP contribution < -0.4 is 10.9 Å². The average molecular weight is 410 g/mol. The molecule has 0 bridgehead atoms. The molecule has 0 radical (unpaired) electrons. The molecule has 150 valence electrons. The molecule has 0 aliphatic carbocycles. The molecule has 3 heterocycles. The summed E-state index contributed by atoms with van der Waals surface area (Å²) >= 11 is 1.32. The summed E-state index contributed by atoms with van der Waals surface area (Å²) in [6.07, 6.45) is 3.97. The maximum absolute atomic E-state index is 13.1. The Labute approximate surface area is 172 Å². The summed E-state index contributed by atoms with van der Waals surface area (Å²) in [5, 5.41) is 4.47. The molecule has 1 N–H and O–H groups in total. The minimum Gasteiger partial charge on any atom is -0.338 e. The van der Waals surface area contributed by atoms with E-state index in [1.165, 1.54) is 21.9 Å². The lowest BCUT2D eigenvalue weighted by Gasteiger charge is -2.35. The topological polar surface area (TPSA) is 83.8 Å². The molecule has 1 fully saturated rings. The molecule has 29 heavy (non-hydrogen) atoms. The highest BCUT2D eigenvalue weighted by atomic mass is 32.1. The summed E-state index contributed by atoms with van der Waals surface area (Å²) in [7, 11) is 0. The maximum atomic E-state index is 13.1. The van der Waals surface area contributed by atoms with Gasteiger partial charge in [0.15, 0.2) is 4.96 Å². The highest BCUT2D eigenvalue weighted by Gasteiger charge is 2.27. The Bertz CT molecular complexity index is 1130. The predicted octanol–water partition coefficient (Wildman–Crippen LogP) is 3.13. The van der Waals surface area contributed by atoms with E-state index in [-0.39, 0.29) is 11.5 Å². The van der Waals surface area contributed by atoms with Crippen molar-refractivity contribution in [2.45, 2.75) is 20.3 Å². The minimum absolute atomic E-state index is 0.0663. The number of piperidine rings is 1. The zero-order chi connectivity index (χ0) is 20.5. The third kappa shape index (κ3) is 3.80. The van der Waals surface area contributed by atoms with E-state index in [4.69, 9.17) is 0 Å². The van der Waals surface area contributed by atoms with Gasteiger partial charge in [-0.2, -0.15) is 0 Å². The number of likely N-dealkylation sites (tertiary alicyclic amines) is 1. The van der Waals surface area contributed by atoms with E-state index in [0.29, 0.717) is 41.1 Å². The number of hydrogen-bond donors (Lipinski definition) is 1. The molecule has 1 aromatic carbocycles. The van der Waals surface area contributed by atoms with Crippen molar-refractivity contribution < 1.29 is 9.59 Å². The van der Waals surface area contributed by atoms with Gasteiger partial charge in [0.1, 0.15) is 5.56 Å². The van der Waals surface area contributed by atoms with Gasteiger partial charge in [0.25, 0.3) is 17.4 Å². The Kier molecular flexibility index (Phi) is 5.19. The Morgan fingerprint density at radius 2 is 1.86 bits per heavy atom. The molecule has 7 nitrogen and oxygen atoms in total. The zero-order valence-electron chi connectivity index (χ0n) is 16.3. The second-order valence-corrected chi connectivity index (χ2v) is 8.56. The van der Waals surface area contributed by atoms with Gasteiger partial charge in [0.05, 0.1) is 11.3 Å². The van der Waals surface area contributed by atoms with E-state index in [9.17, 15) is 14.4 Å². The van der Waals surface area contributed by atoms with Crippen LogP contribution in [0.3, 0.4) is 0 Å². The van der Waals surface area contributed by atoms with Gasteiger partial charge >= 0.3 is 0 Å². The van der Waals surface area contributed by atoms with Crippen LogP contribution in [-0.2, 0) is 0 Å². The Morgan fingerprint density at radius 3 is 2.62 bits per heavy atom. The van der Waals surface area contributed by atoms with Crippen LogP contribution in [0.4, 0.5) is 5.69 Å². The fourth-order valence-corrected chi connectivity index (χ4v) is 4.62. The number of aromatic nitrogens is 2. The zero-order valence-corrected chi connectivity index (χ0v) is 17.1. The van der Waals surface area contributed by atoms with Crippen molar-refractivity contribution in [1.29, 1.82) is 0 Å². The third-order valence-corrected chi connectivity index (χ3v) is 5.92. The molecule has 1 aliphatic heterocycles. The molecule has 1 aliphatic rings. The van der Waals surface area contributed by atoms with Crippen LogP contribution in [0.2, 0.25) is 0 Å². The van der Waals surface area contributed by atoms with Gasteiger partial charge < -0.3 is 10.2 Å². The van der Waals surface area contributed by atoms with Crippen molar-refractivity contribution in [3.63, 3.8) is 0 Å². The lowest BCUT2D eigenvalue weighted by molar-refractivity contribution is 0.0624. The van der Waals surface area contributed by atoms with Crippen LogP contribution in [0.5, 0.6) is 0 Å². The van der Waals surface area contributed by atoms with Gasteiger partial charge in [-0.3, -0.25) is 18.8 Å². The van der Waals surface area contributed by atoms with Crippen molar-refractivity contribution in [3.05, 3.63) is 63.5 Å². The summed E-state index contributed by atoms with van der Waals surface area (Å²) < 4.78 is 1.34. The van der Waals surface area contributed by atoms with Gasteiger partial charge in [0, 0.05) is 30.9 Å². The number of thiazole rings is 1. The highest BCUT2D eigenvalue weighted by molar-refractivity contribution is 7.15. The second-order valence-electron chi connectivity index (χ2n) is 7.69. The number of carbonyl (C=O) groups excluding carboxylic acids is 2. The van der Waals surface area contributed by atoms with Crippen LogP contribution in [0.1, 0.15) is 41.0 Å². The van der Waals surface area contributed by atoms with Crippen LogP contribution in [-0.4, -0.2) is 39.2 Å². The normalized spacial score (nSPS) is 19.3. The summed E-state index contributed by atoms with van der Waals surface area (Å²) in [6.45, 7) is 5.69. The number of amides is 2. The smallest absolute Gasteiger partial charge is 0.271 e. The summed E-state index contributed by atoms with van der Waals surface area (Å²) in [6, 6.07) is 6.90. The van der Waals surface area contributed by atoms with Crippen molar-refractivity contribution in [1.82, 2.24) is 14.3 Å². The molecule has 8 heteroatoms. The number of benzene rings is 1. The van der Waals surface area contributed by atoms with Crippen molar-refractivity contribution in [2.24, 2.45) is 11.8 Å². The van der Waals surface area contributed by atoms with Crippen molar-refractivity contribution in [2.75, 3.05) is 18.4 Å². The largest absolute Gasteiger partial charge is 0.338 e. The molecule has 2 amide bonds. The highest BCUT2D eigenvalue weighted by Crippen LogP contribution is 2.25. The standard InChI is InChI=1S/C21H22N4O3S/c1-13-9-14(2)12-24(11-13)19(27)15-5-3-4-6-17(15)23-18(26)16-10-22-21-25(20(16)28)7-8-29-21/h3-8,10,13-14H,9,11-12H2,1-2H3,(H,23,26). The van der Waals surface area contributed by atoms with E-state index >= 15 is 0 Å². The monoisotopic (exact) mass is 410 g/mol. The Hall–Kier alpha value is -3.00. The van der Waals surface area contributed by atoms with Gasteiger partial charge in [0.2, 0.25) is 0 Å². The number of carbonyl (C=O) groups is 2. The number of anilines is 1. The predicted molar refractivity (Wildman–Crippen MR) is 113 cm³/mol. The van der Waals surface area contributed by atoms with E-state index in [1.807, 2.05) is 4.90 Å². The molecule has 4 rings (SSSR count). The lowest BCUT2D eigenvalue weighted by atomic mass is 9.91. The van der Waals surface area contributed by atoms with Gasteiger partial charge in [-0.1, -0.05) is 26.0 Å². The molecule has 2 unspecified atom stereocenters. The fraction of sp³-hybridized carbons (Fsp3) is 0.333. The number of nitrogens with one attached hydrogen (secondary N) is 1. The second kappa shape index (κ2) is 7.79. The molecular formula is C21H22N4O3S. The summed E-state index contributed by atoms with van der Waals surface area (Å²) in [4.78, 5) is 45.0. The Balaban J connectivity index is 1.61. The molecule has 2 aromatic heterocycles. The van der Waals surface area contributed by atoms with Crippen molar-refractivity contribution >= 4 is 33.8 Å². The first-order valence-electron chi connectivity index (χ1n) is 9.58. The molecule has 0 saturated carbocycles. The average Bonchev–Trinajstić information content (AvgIpc) is 3.17. The van der Waals surface area contributed by atoms with Crippen LogP contribution in [0.15, 0.2) is 46.8 Å². The van der Waals surface area contributed by atoms with Gasteiger partial charge in [-0.25, -0.2) is 4.98 Å². The third-order valence-electron chi connectivity index (χ3n) is 5.15. The minimum atomic E-state index is -0.580. The van der Waals surface area contributed by atoms with E-state index in [1.54, 1.807) is 35.8 Å². The molecule has 0 spiro atoms. The first kappa shape index (κ1) is 19.3. The first-order valence-corrected chi connectivity index (χ1v) is 10.5. The maximum Gasteiger partial charge on any atom is 0.271 e. The van der Waals surface area contributed by atoms with Crippen LogP contribution in [0.25, 0.3) is 4.96 Å². The quantitative estimate of drug-likeness (QED) is 0.719. The molecule has 1 saturated heterocycles. The number of para-hydroxylation sites is 1. The summed E-state index contributed by atoms with van der Waals surface area (Å²) in [5.41, 5.74) is 0.314. The van der Waals surface area contributed by atoms with Gasteiger partial charge in [-0.05, 0) is 30.4 Å². The van der Waals surface area contributed by atoms with Gasteiger partial charge in [-0.15, -0.1) is 11.3 Å². The number of fused-ring (bicyclic) bond motifs is 1.